The predicted octanol–water partition coefficient (Wildman–Crippen LogP) is 0.822. The number of esters is 2. The monoisotopic (exact) mass is 289 g/mol. The molecule has 0 aliphatic heterocycles. The first-order chi connectivity index (χ1) is 9.44. The van der Waals surface area contributed by atoms with Gasteiger partial charge in [-0.2, -0.15) is 0 Å². The van der Waals surface area contributed by atoms with E-state index in [1.54, 1.807) is 0 Å². The fraction of sp³-hybridized carbons (Fsp3) is 0.857. The third kappa shape index (κ3) is 8.12. The topological polar surface area (TPSA) is 76.1 Å². The first-order valence-electron chi connectivity index (χ1n) is 6.93. The average molecular weight is 289 g/mol. The van der Waals surface area contributed by atoms with Gasteiger partial charge in [0.05, 0.1) is 33.7 Å². The second-order valence-corrected chi connectivity index (χ2v) is 5.15. The Hall–Kier alpha value is -1.14. The third-order valence-electron chi connectivity index (χ3n) is 3.13. The number of aliphatic hydroxyl groups excluding tert-OH is 1. The van der Waals surface area contributed by atoms with Crippen molar-refractivity contribution in [3.8, 4) is 0 Å². The fourth-order valence-corrected chi connectivity index (χ4v) is 2.03. The number of carbonyl (C=O) groups excluding carboxylic acids is 2. The summed E-state index contributed by atoms with van der Waals surface area (Å²) in [5.74, 6) is -0.172. The summed E-state index contributed by atoms with van der Waals surface area (Å²) < 4.78 is 9.24. The lowest BCUT2D eigenvalue weighted by Crippen LogP contribution is -2.41. The highest BCUT2D eigenvalue weighted by Gasteiger charge is 2.20. The molecule has 0 rings (SSSR count). The summed E-state index contributed by atoms with van der Waals surface area (Å²) in [5.41, 5.74) is 0. The van der Waals surface area contributed by atoms with Gasteiger partial charge >= 0.3 is 11.9 Å². The number of hydrogen-bond donors (Lipinski definition) is 1. The molecule has 0 fully saturated rings. The minimum atomic E-state index is -0.297. The van der Waals surface area contributed by atoms with Crippen molar-refractivity contribution in [3.05, 3.63) is 0 Å². The molecule has 0 unspecified atom stereocenters. The maximum absolute atomic E-state index is 11.2. The van der Waals surface area contributed by atoms with E-state index in [-0.39, 0.29) is 37.4 Å². The van der Waals surface area contributed by atoms with Gasteiger partial charge in [-0.3, -0.25) is 14.5 Å². The van der Waals surface area contributed by atoms with Crippen molar-refractivity contribution in [1.29, 1.82) is 0 Å². The quantitative estimate of drug-likeness (QED) is 0.600. The van der Waals surface area contributed by atoms with Crippen LogP contribution in [0.3, 0.4) is 0 Å². The molecule has 0 saturated heterocycles. The van der Waals surface area contributed by atoms with Gasteiger partial charge in [-0.25, -0.2) is 0 Å². The summed E-state index contributed by atoms with van der Waals surface area (Å²) in [6.45, 7) is 5.06. The van der Waals surface area contributed by atoms with E-state index in [1.807, 2.05) is 4.90 Å². The number of ether oxygens (including phenoxy) is 2. The molecule has 1 N–H and O–H groups in total. The second kappa shape index (κ2) is 10.6. The Morgan fingerprint density at radius 2 is 1.50 bits per heavy atom. The van der Waals surface area contributed by atoms with E-state index in [9.17, 15) is 14.7 Å². The molecule has 0 heterocycles. The zero-order valence-electron chi connectivity index (χ0n) is 12.9. The first-order valence-corrected chi connectivity index (χ1v) is 6.93. The van der Waals surface area contributed by atoms with E-state index < -0.39 is 0 Å². The van der Waals surface area contributed by atoms with Crippen molar-refractivity contribution in [2.75, 3.05) is 33.9 Å². The molecule has 6 nitrogen and oxygen atoms in total. The van der Waals surface area contributed by atoms with Gasteiger partial charge < -0.3 is 14.6 Å². The Morgan fingerprint density at radius 1 is 1.05 bits per heavy atom. The van der Waals surface area contributed by atoms with E-state index in [2.05, 4.69) is 23.3 Å². The summed E-state index contributed by atoms with van der Waals surface area (Å²) in [5, 5.41) is 9.52. The van der Waals surface area contributed by atoms with Crippen LogP contribution in [0.25, 0.3) is 0 Å². The number of methoxy groups -OCH3 is 2. The molecule has 118 valence electrons. The Bertz CT molecular complexity index is 273. The molecule has 0 spiro atoms. The summed E-state index contributed by atoms with van der Waals surface area (Å²) in [4.78, 5) is 24.4. The molecular weight excluding hydrogens is 262 g/mol. The van der Waals surface area contributed by atoms with Crippen LogP contribution < -0.4 is 0 Å². The second-order valence-electron chi connectivity index (χ2n) is 5.15. The van der Waals surface area contributed by atoms with Gasteiger partial charge in [0.1, 0.15) is 0 Å². The Morgan fingerprint density at radius 3 is 1.80 bits per heavy atom. The van der Waals surface area contributed by atoms with Crippen molar-refractivity contribution in [1.82, 2.24) is 4.90 Å². The highest BCUT2D eigenvalue weighted by Crippen LogP contribution is 2.13. The zero-order chi connectivity index (χ0) is 15.5. The molecule has 0 aliphatic rings. The van der Waals surface area contributed by atoms with Gasteiger partial charge in [0.25, 0.3) is 0 Å². The first kappa shape index (κ1) is 18.9. The molecule has 0 amide bonds. The maximum Gasteiger partial charge on any atom is 0.306 e. The molecule has 0 aromatic heterocycles. The molecular formula is C14H27NO5. The summed E-state index contributed by atoms with van der Waals surface area (Å²) in [6, 6.07) is -0.0655. The molecule has 0 aromatic carbocycles. The number of aliphatic hydroxyl groups is 1. The molecule has 0 aliphatic carbocycles. The number of nitrogens with zero attached hydrogens (tertiary/aromatic N) is 1. The molecule has 0 saturated carbocycles. The van der Waals surface area contributed by atoms with Gasteiger partial charge in [0.2, 0.25) is 0 Å². The molecule has 0 aromatic rings. The molecule has 20 heavy (non-hydrogen) atoms. The lowest BCUT2D eigenvalue weighted by molar-refractivity contribution is -0.141. The van der Waals surface area contributed by atoms with Crippen LogP contribution in [-0.2, 0) is 19.1 Å². The van der Waals surface area contributed by atoms with Crippen LogP contribution in [0.1, 0.15) is 33.1 Å². The third-order valence-corrected chi connectivity index (χ3v) is 3.13. The summed E-state index contributed by atoms with van der Waals surface area (Å²) in [6.07, 6.45) is 1.29. The highest BCUT2D eigenvalue weighted by molar-refractivity contribution is 5.70. The van der Waals surface area contributed by atoms with Crippen LogP contribution in [0.2, 0.25) is 0 Å². The highest BCUT2D eigenvalue weighted by atomic mass is 16.5. The molecule has 0 bridgehead atoms. The van der Waals surface area contributed by atoms with Gasteiger partial charge in [-0.05, 0) is 12.3 Å². The van der Waals surface area contributed by atoms with E-state index in [0.29, 0.717) is 19.0 Å². The van der Waals surface area contributed by atoms with Crippen LogP contribution in [0.5, 0.6) is 0 Å². The van der Waals surface area contributed by atoms with E-state index >= 15 is 0 Å². The van der Waals surface area contributed by atoms with Crippen molar-refractivity contribution < 1.29 is 24.2 Å². The number of carbonyl (C=O) groups is 2. The SMILES string of the molecule is COC(=O)CCN(CCC(=O)OC)[C@@H](CO)CC(C)C. The number of hydrogen-bond acceptors (Lipinski definition) is 6. The van der Waals surface area contributed by atoms with Crippen LogP contribution in [-0.4, -0.2) is 61.9 Å². The lowest BCUT2D eigenvalue weighted by atomic mass is 10.0. The Labute approximate surface area is 121 Å². The van der Waals surface area contributed by atoms with Crippen molar-refractivity contribution >= 4 is 11.9 Å². The van der Waals surface area contributed by atoms with Gasteiger partial charge in [0, 0.05) is 19.1 Å². The minimum absolute atomic E-state index is 0.000521. The van der Waals surface area contributed by atoms with Gasteiger partial charge in [0.15, 0.2) is 0 Å². The zero-order valence-corrected chi connectivity index (χ0v) is 12.9. The standard InChI is InChI=1S/C14H27NO5/c1-11(2)9-12(10-16)15(7-5-13(17)19-3)8-6-14(18)20-4/h11-12,16H,5-10H2,1-4H3/t12-/m1/s1. The molecule has 6 heteroatoms. The van der Waals surface area contributed by atoms with E-state index in [1.165, 1.54) is 14.2 Å². The van der Waals surface area contributed by atoms with Gasteiger partial charge in [-0.1, -0.05) is 13.8 Å². The Balaban J connectivity index is 4.56. The molecule has 0 radical (unpaired) electrons. The van der Waals surface area contributed by atoms with Gasteiger partial charge in [-0.15, -0.1) is 0 Å². The van der Waals surface area contributed by atoms with E-state index in [0.717, 1.165) is 6.42 Å². The Kier molecular flexibility index (Phi) is 10.0. The normalized spacial score (nSPS) is 12.6. The lowest BCUT2D eigenvalue weighted by Gasteiger charge is -2.31. The van der Waals surface area contributed by atoms with Crippen molar-refractivity contribution in [3.63, 3.8) is 0 Å². The average Bonchev–Trinajstić information content (AvgIpc) is 2.44. The fourth-order valence-electron chi connectivity index (χ4n) is 2.03. The summed E-state index contributed by atoms with van der Waals surface area (Å²) in [7, 11) is 2.69. The largest absolute Gasteiger partial charge is 0.469 e. The van der Waals surface area contributed by atoms with Crippen molar-refractivity contribution in [2.45, 2.75) is 39.2 Å². The maximum atomic E-state index is 11.2. The van der Waals surface area contributed by atoms with Crippen molar-refractivity contribution in [2.24, 2.45) is 5.92 Å². The van der Waals surface area contributed by atoms with Crippen LogP contribution >= 0.6 is 0 Å². The van der Waals surface area contributed by atoms with E-state index in [4.69, 9.17) is 0 Å². The number of rotatable bonds is 10. The van der Waals surface area contributed by atoms with Crippen LogP contribution in [0.15, 0.2) is 0 Å². The summed E-state index contributed by atoms with van der Waals surface area (Å²) >= 11 is 0. The molecule has 1 atom stereocenters. The van der Waals surface area contributed by atoms with Crippen LogP contribution in [0.4, 0.5) is 0 Å². The van der Waals surface area contributed by atoms with Crippen LogP contribution in [0, 0.1) is 5.92 Å². The smallest absolute Gasteiger partial charge is 0.306 e. The predicted molar refractivity (Wildman–Crippen MR) is 75.2 cm³/mol. The minimum Gasteiger partial charge on any atom is -0.469 e.